The van der Waals surface area contributed by atoms with Crippen LogP contribution in [0.1, 0.15) is 39.5 Å². The monoisotopic (exact) mass is 252 g/mol. The molecule has 0 aromatic rings. The summed E-state index contributed by atoms with van der Waals surface area (Å²) in [5.41, 5.74) is 0. The summed E-state index contributed by atoms with van der Waals surface area (Å²) in [5, 5.41) is 0. The smallest absolute Gasteiger partial charge is 0.332 e. The highest BCUT2D eigenvalue weighted by atomic mass is 16.6. The van der Waals surface area contributed by atoms with Crippen molar-refractivity contribution in [1.82, 2.24) is 0 Å². The number of esters is 1. The molecule has 0 radical (unpaired) electrons. The lowest BCUT2D eigenvalue weighted by Crippen LogP contribution is -2.26. The largest absolute Gasteiger partial charge is 0.460 e. The molecule has 0 N–H and O–H groups in total. The van der Waals surface area contributed by atoms with Crippen LogP contribution in [0.2, 0.25) is 0 Å². The number of carbonyl (C=O) groups is 1. The maximum atomic E-state index is 11.5. The fraction of sp³-hybridized carbons (Fsp3) is 0.667. The first kappa shape index (κ1) is 15.0. The fourth-order valence-corrected chi connectivity index (χ4v) is 2.00. The lowest BCUT2D eigenvalue weighted by molar-refractivity contribution is -0.155. The van der Waals surface area contributed by atoms with Gasteiger partial charge in [0, 0.05) is 5.92 Å². The van der Waals surface area contributed by atoms with Crippen molar-refractivity contribution in [3.05, 3.63) is 24.3 Å². The van der Waals surface area contributed by atoms with E-state index < -0.39 is 0 Å². The molecule has 0 aromatic heterocycles. The summed E-state index contributed by atoms with van der Waals surface area (Å²) in [7, 11) is 0. The van der Waals surface area contributed by atoms with Crippen LogP contribution in [0.25, 0.3) is 0 Å². The predicted octanol–water partition coefficient (Wildman–Crippen LogP) is 3.26. The van der Waals surface area contributed by atoms with Gasteiger partial charge in [0.25, 0.3) is 0 Å². The lowest BCUT2D eigenvalue weighted by atomic mass is 9.92. The van der Waals surface area contributed by atoms with Gasteiger partial charge in [-0.2, -0.15) is 0 Å². The lowest BCUT2D eigenvalue weighted by Gasteiger charge is -2.23. The highest BCUT2D eigenvalue weighted by Crippen LogP contribution is 2.22. The van der Waals surface area contributed by atoms with Gasteiger partial charge in [0.05, 0.1) is 6.61 Å². The normalized spacial score (nSPS) is 21.1. The van der Waals surface area contributed by atoms with E-state index in [1.54, 1.807) is 0 Å². The van der Waals surface area contributed by atoms with E-state index in [0.29, 0.717) is 12.5 Å². The molecular weight excluding hydrogens is 228 g/mol. The van der Waals surface area contributed by atoms with Crippen molar-refractivity contribution in [2.24, 2.45) is 5.92 Å². The standard InChI is InChI=1S/C15H24O3/c1-3-4-8-11-17-12-15(16)18-13(2)14-9-6-5-7-10-14/h4,6,8-9,13-14H,3,5,7,10-12H2,1-2H3/b8-4-. The zero-order chi connectivity index (χ0) is 13.2. The molecule has 0 bridgehead atoms. The Labute approximate surface area is 110 Å². The number of rotatable bonds is 7. The molecule has 0 heterocycles. The maximum Gasteiger partial charge on any atom is 0.332 e. The minimum absolute atomic E-state index is 0.0365. The molecule has 3 heteroatoms. The second-order valence-electron chi connectivity index (χ2n) is 4.61. The van der Waals surface area contributed by atoms with Crippen LogP contribution in [-0.4, -0.2) is 25.3 Å². The molecule has 0 amide bonds. The Hall–Kier alpha value is -1.09. The van der Waals surface area contributed by atoms with E-state index >= 15 is 0 Å². The summed E-state index contributed by atoms with van der Waals surface area (Å²) in [6, 6.07) is 0. The number of hydrogen-bond donors (Lipinski definition) is 0. The van der Waals surface area contributed by atoms with Crippen molar-refractivity contribution in [3.63, 3.8) is 0 Å². The van der Waals surface area contributed by atoms with Crippen LogP contribution >= 0.6 is 0 Å². The molecule has 0 aliphatic heterocycles. The van der Waals surface area contributed by atoms with Crippen molar-refractivity contribution in [3.8, 4) is 0 Å². The predicted molar refractivity (Wildman–Crippen MR) is 72.3 cm³/mol. The fourth-order valence-electron chi connectivity index (χ4n) is 2.00. The number of allylic oxidation sites excluding steroid dienone is 2. The first-order valence-corrected chi connectivity index (χ1v) is 6.83. The molecule has 18 heavy (non-hydrogen) atoms. The topological polar surface area (TPSA) is 35.5 Å². The molecule has 1 aliphatic carbocycles. The van der Waals surface area contributed by atoms with E-state index in [9.17, 15) is 4.79 Å². The van der Waals surface area contributed by atoms with Crippen molar-refractivity contribution < 1.29 is 14.3 Å². The van der Waals surface area contributed by atoms with Gasteiger partial charge in [-0.05, 0) is 32.6 Å². The van der Waals surface area contributed by atoms with E-state index in [1.807, 2.05) is 19.1 Å². The molecule has 0 saturated carbocycles. The molecule has 0 saturated heterocycles. The van der Waals surface area contributed by atoms with Crippen LogP contribution in [0.4, 0.5) is 0 Å². The highest BCUT2D eigenvalue weighted by molar-refractivity contribution is 5.70. The van der Waals surface area contributed by atoms with E-state index in [-0.39, 0.29) is 18.7 Å². The van der Waals surface area contributed by atoms with Crippen LogP contribution in [0.15, 0.2) is 24.3 Å². The molecule has 0 spiro atoms. The molecule has 0 aromatic carbocycles. The second-order valence-corrected chi connectivity index (χ2v) is 4.61. The van der Waals surface area contributed by atoms with Crippen molar-refractivity contribution in [2.45, 2.75) is 45.6 Å². The molecule has 0 fully saturated rings. The van der Waals surface area contributed by atoms with Gasteiger partial charge in [0.1, 0.15) is 12.7 Å². The zero-order valence-electron chi connectivity index (χ0n) is 11.4. The Balaban J connectivity index is 2.16. The average molecular weight is 252 g/mol. The van der Waals surface area contributed by atoms with E-state index in [1.165, 1.54) is 6.42 Å². The van der Waals surface area contributed by atoms with Gasteiger partial charge >= 0.3 is 5.97 Å². The van der Waals surface area contributed by atoms with Crippen LogP contribution in [0, 0.1) is 5.92 Å². The van der Waals surface area contributed by atoms with Crippen LogP contribution in [0.3, 0.4) is 0 Å². The second kappa shape index (κ2) is 8.92. The molecular formula is C15H24O3. The summed E-state index contributed by atoms with van der Waals surface area (Å²) in [6.07, 6.45) is 12.6. The summed E-state index contributed by atoms with van der Waals surface area (Å²) >= 11 is 0. The quantitative estimate of drug-likeness (QED) is 0.396. The summed E-state index contributed by atoms with van der Waals surface area (Å²) in [4.78, 5) is 11.5. The average Bonchev–Trinajstić information content (AvgIpc) is 2.39. The molecule has 102 valence electrons. The number of ether oxygens (including phenoxy) is 2. The Morgan fingerprint density at radius 1 is 1.50 bits per heavy atom. The SMILES string of the molecule is CC/C=C\COCC(=O)OC(C)C1C=CCCC1. The van der Waals surface area contributed by atoms with Crippen LogP contribution in [0.5, 0.6) is 0 Å². The number of hydrogen-bond acceptors (Lipinski definition) is 3. The van der Waals surface area contributed by atoms with Crippen LogP contribution < -0.4 is 0 Å². The van der Waals surface area contributed by atoms with Gasteiger partial charge in [-0.25, -0.2) is 4.79 Å². The maximum absolute atomic E-state index is 11.5. The molecule has 1 aliphatic rings. The van der Waals surface area contributed by atoms with E-state index in [2.05, 4.69) is 19.1 Å². The highest BCUT2D eigenvalue weighted by Gasteiger charge is 2.19. The minimum Gasteiger partial charge on any atom is -0.460 e. The van der Waals surface area contributed by atoms with Crippen molar-refractivity contribution in [2.75, 3.05) is 13.2 Å². The third-order valence-corrected chi connectivity index (χ3v) is 3.05. The molecule has 3 nitrogen and oxygen atoms in total. The van der Waals surface area contributed by atoms with Gasteiger partial charge in [-0.15, -0.1) is 0 Å². The minimum atomic E-state index is -0.272. The Morgan fingerprint density at radius 2 is 2.33 bits per heavy atom. The third kappa shape index (κ3) is 6.01. The van der Waals surface area contributed by atoms with Crippen molar-refractivity contribution >= 4 is 5.97 Å². The van der Waals surface area contributed by atoms with Gasteiger partial charge in [0.2, 0.25) is 0 Å². The van der Waals surface area contributed by atoms with Crippen molar-refractivity contribution in [1.29, 1.82) is 0 Å². The van der Waals surface area contributed by atoms with Gasteiger partial charge < -0.3 is 9.47 Å². The first-order valence-electron chi connectivity index (χ1n) is 6.83. The van der Waals surface area contributed by atoms with Gasteiger partial charge in [-0.1, -0.05) is 31.2 Å². The molecule has 2 atom stereocenters. The number of carbonyl (C=O) groups excluding carboxylic acids is 1. The van der Waals surface area contributed by atoms with Gasteiger partial charge in [0.15, 0.2) is 0 Å². The zero-order valence-corrected chi connectivity index (χ0v) is 11.4. The Morgan fingerprint density at radius 3 is 3.00 bits per heavy atom. The van der Waals surface area contributed by atoms with E-state index in [0.717, 1.165) is 19.3 Å². The third-order valence-electron chi connectivity index (χ3n) is 3.05. The van der Waals surface area contributed by atoms with Crippen LogP contribution in [-0.2, 0) is 14.3 Å². The summed E-state index contributed by atoms with van der Waals surface area (Å²) in [6.45, 7) is 4.52. The van der Waals surface area contributed by atoms with E-state index in [4.69, 9.17) is 9.47 Å². The van der Waals surface area contributed by atoms with Gasteiger partial charge in [-0.3, -0.25) is 0 Å². The summed E-state index contributed by atoms with van der Waals surface area (Å²) in [5.74, 6) is 0.0917. The summed E-state index contributed by atoms with van der Waals surface area (Å²) < 4.78 is 10.6. The molecule has 2 unspecified atom stereocenters. The Kier molecular flexibility index (Phi) is 7.42. The molecule has 1 rings (SSSR count). The first-order chi connectivity index (χ1) is 8.74. The Bertz CT molecular complexity index is 294.